The van der Waals surface area contributed by atoms with E-state index in [1.165, 1.54) is 32.2 Å². The molecule has 1 heterocycles. The number of nitrogens with two attached hydrogens (primary N) is 1. The molecule has 0 aromatic rings. The quantitative estimate of drug-likeness (QED) is 0.719. The Hall–Kier alpha value is -0.120. The predicted octanol–water partition coefficient (Wildman–Crippen LogP) is 0.977. The Balaban J connectivity index is 1.93. The second kappa shape index (κ2) is 4.60. The van der Waals surface area contributed by atoms with Crippen molar-refractivity contribution in [3.05, 3.63) is 0 Å². The fraction of sp³-hybridized carbons (Fsp3) is 1.00. The van der Waals surface area contributed by atoms with Crippen LogP contribution >= 0.6 is 0 Å². The van der Waals surface area contributed by atoms with Gasteiger partial charge in [-0.25, -0.2) is 0 Å². The number of likely N-dealkylation sites (tertiary alicyclic amines) is 1. The standard InChI is InChI=1S/C11H22N2O/c1-14-11-5-3-2-4-10(11)13-7-6-9(12)8-13/h9-11H,2-8,12H2,1H3. The largest absolute Gasteiger partial charge is 0.380 e. The van der Waals surface area contributed by atoms with Gasteiger partial charge in [-0.15, -0.1) is 0 Å². The average molecular weight is 198 g/mol. The van der Waals surface area contributed by atoms with Crippen LogP contribution in [-0.4, -0.2) is 43.3 Å². The summed E-state index contributed by atoms with van der Waals surface area (Å²) in [7, 11) is 1.85. The van der Waals surface area contributed by atoms with Gasteiger partial charge in [0.1, 0.15) is 0 Å². The van der Waals surface area contributed by atoms with Crippen molar-refractivity contribution in [2.24, 2.45) is 5.73 Å². The fourth-order valence-electron chi connectivity index (χ4n) is 2.89. The molecule has 0 aromatic carbocycles. The van der Waals surface area contributed by atoms with Crippen LogP contribution in [0.3, 0.4) is 0 Å². The predicted molar refractivity (Wildman–Crippen MR) is 57.2 cm³/mol. The molecule has 2 aliphatic rings. The third-order valence-corrected chi connectivity index (χ3v) is 3.70. The van der Waals surface area contributed by atoms with Crippen molar-refractivity contribution >= 4 is 0 Å². The Morgan fingerprint density at radius 1 is 1.21 bits per heavy atom. The summed E-state index contributed by atoms with van der Waals surface area (Å²) in [6.07, 6.45) is 6.82. The van der Waals surface area contributed by atoms with E-state index in [2.05, 4.69) is 4.90 Å². The summed E-state index contributed by atoms with van der Waals surface area (Å²) >= 11 is 0. The maximum atomic E-state index is 5.94. The molecule has 0 radical (unpaired) electrons. The van der Waals surface area contributed by atoms with Gasteiger partial charge in [-0.3, -0.25) is 4.90 Å². The number of hydrogen-bond donors (Lipinski definition) is 1. The normalized spacial score (nSPS) is 40.3. The molecule has 3 heteroatoms. The van der Waals surface area contributed by atoms with Crippen LogP contribution in [0, 0.1) is 0 Å². The topological polar surface area (TPSA) is 38.5 Å². The summed E-state index contributed by atoms with van der Waals surface area (Å²) in [6.45, 7) is 2.25. The minimum atomic E-state index is 0.398. The summed E-state index contributed by atoms with van der Waals surface area (Å²) in [5.74, 6) is 0. The molecule has 3 nitrogen and oxygen atoms in total. The van der Waals surface area contributed by atoms with Crippen molar-refractivity contribution in [1.29, 1.82) is 0 Å². The molecular weight excluding hydrogens is 176 g/mol. The summed E-state index contributed by atoms with van der Waals surface area (Å²) in [5.41, 5.74) is 5.94. The molecule has 0 amide bonds. The number of rotatable bonds is 2. The van der Waals surface area contributed by atoms with Gasteiger partial charge in [-0.2, -0.15) is 0 Å². The maximum Gasteiger partial charge on any atom is 0.0726 e. The molecule has 1 saturated heterocycles. The second-order valence-corrected chi connectivity index (χ2v) is 4.67. The highest BCUT2D eigenvalue weighted by molar-refractivity contribution is 4.89. The van der Waals surface area contributed by atoms with Crippen LogP contribution in [0.2, 0.25) is 0 Å². The molecule has 1 aliphatic heterocycles. The van der Waals surface area contributed by atoms with Gasteiger partial charge in [0.15, 0.2) is 0 Å². The lowest BCUT2D eigenvalue weighted by Gasteiger charge is -2.37. The molecule has 3 unspecified atom stereocenters. The van der Waals surface area contributed by atoms with Crippen molar-refractivity contribution in [2.75, 3.05) is 20.2 Å². The van der Waals surface area contributed by atoms with E-state index in [1.807, 2.05) is 7.11 Å². The molecule has 2 rings (SSSR count). The maximum absolute atomic E-state index is 5.94. The van der Waals surface area contributed by atoms with E-state index >= 15 is 0 Å². The second-order valence-electron chi connectivity index (χ2n) is 4.67. The van der Waals surface area contributed by atoms with Crippen LogP contribution in [0.25, 0.3) is 0 Å². The van der Waals surface area contributed by atoms with Gasteiger partial charge in [-0.05, 0) is 19.3 Å². The zero-order chi connectivity index (χ0) is 9.97. The highest BCUT2D eigenvalue weighted by atomic mass is 16.5. The summed E-state index contributed by atoms with van der Waals surface area (Å²) < 4.78 is 5.57. The first-order valence-corrected chi connectivity index (χ1v) is 5.83. The van der Waals surface area contributed by atoms with Gasteiger partial charge >= 0.3 is 0 Å². The van der Waals surface area contributed by atoms with Gasteiger partial charge in [0.25, 0.3) is 0 Å². The van der Waals surface area contributed by atoms with E-state index in [0.717, 1.165) is 13.0 Å². The molecule has 0 spiro atoms. The van der Waals surface area contributed by atoms with Crippen LogP contribution < -0.4 is 5.73 Å². The lowest BCUT2D eigenvalue weighted by Crippen LogP contribution is -2.46. The van der Waals surface area contributed by atoms with Gasteiger partial charge in [0.2, 0.25) is 0 Å². The van der Waals surface area contributed by atoms with Gasteiger partial charge < -0.3 is 10.5 Å². The van der Waals surface area contributed by atoms with Crippen molar-refractivity contribution in [3.63, 3.8) is 0 Å². The van der Waals surface area contributed by atoms with Crippen molar-refractivity contribution in [3.8, 4) is 0 Å². The Bertz CT molecular complexity index is 186. The van der Waals surface area contributed by atoms with Crippen LogP contribution in [0.4, 0.5) is 0 Å². The van der Waals surface area contributed by atoms with Gasteiger partial charge in [-0.1, -0.05) is 12.8 Å². The highest BCUT2D eigenvalue weighted by Gasteiger charge is 2.33. The molecule has 1 saturated carbocycles. The Morgan fingerprint density at radius 3 is 2.64 bits per heavy atom. The Morgan fingerprint density at radius 2 is 2.00 bits per heavy atom. The SMILES string of the molecule is COC1CCCCC1N1CCC(N)C1. The zero-order valence-corrected chi connectivity index (χ0v) is 9.11. The number of nitrogens with zero attached hydrogens (tertiary/aromatic N) is 1. The molecule has 2 fully saturated rings. The lowest BCUT2D eigenvalue weighted by molar-refractivity contribution is -0.00313. The summed E-state index contributed by atoms with van der Waals surface area (Å²) in [6, 6.07) is 1.04. The average Bonchev–Trinajstić information content (AvgIpc) is 2.65. The summed E-state index contributed by atoms with van der Waals surface area (Å²) in [4.78, 5) is 2.54. The number of ether oxygens (including phenoxy) is 1. The monoisotopic (exact) mass is 198 g/mol. The molecule has 0 bridgehead atoms. The van der Waals surface area contributed by atoms with Gasteiger partial charge in [0, 0.05) is 32.3 Å². The molecule has 3 atom stereocenters. The van der Waals surface area contributed by atoms with Crippen LogP contribution in [0.5, 0.6) is 0 Å². The third-order valence-electron chi connectivity index (χ3n) is 3.70. The first kappa shape index (κ1) is 10.4. The van der Waals surface area contributed by atoms with Crippen molar-refractivity contribution in [2.45, 2.75) is 50.3 Å². The third kappa shape index (κ3) is 2.10. The van der Waals surface area contributed by atoms with Crippen LogP contribution in [0.1, 0.15) is 32.1 Å². The highest BCUT2D eigenvalue weighted by Crippen LogP contribution is 2.27. The van der Waals surface area contributed by atoms with Crippen molar-refractivity contribution in [1.82, 2.24) is 4.90 Å². The van der Waals surface area contributed by atoms with E-state index < -0.39 is 0 Å². The number of hydrogen-bond acceptors (Lipinski definition) is 3. The lowest BCUT2D eigenvalue weighted by atomic mass is 9.91. The van der Waals surface area contributed by atoms with E-state index in [0.29, 0.717) is 18.2 Å². The van der Waals surface area contributed by atoms with Crippen molar-refractivity contribution < 1.29 is 4.74 Å². The molecule has 2 N–H and O–H groups in total. The molecule has 14 heavy (non-hydrogen) atoms. The zero-order valence-electron chi connectivity index (χ0n) is 9.11. The van der Waals surface area contributed by atoms with Gasteiger partial charge in [0.05, 0.1) is 6.10 Å². The minimum absolute atomic E-state index is 0.398. The smallest absolute Gasteiger partial charge is 0.0726 e. The Kier molecular flexibility index (Phi) is 3.42. The minimum Gasteiger partial charge on any atom is -0.380 e. The van der Waals surface area contributed by atoms with Crippen LogP contribution in [0.15, 0.2) is 0 Å². The fourth-order valence-corrected chi connectivity index (χ4v) is 2.89. The molecule has 82 valence electrons. The van der Waals surface area contributed by atoms with E-state index in [-0.39, 0.29) is 0 Å². The van der Waals surface area contributed by atoms with Crippen LogP contribution in [-0.2, 0) is 4.74 Å². The molecule has 0 aromatic heterocycles. The first-order chi connectivity index (χ1) is 6.81. The summed E-state index contributed by atoms with van der Waals surface area (Å²) in [5, 5.41) is 0. The number of methoxy groups -OCH3 is 1. The van der Waals surface area contributed by atoms with E-state index in [9.17, 15) is 0 Å². The van der Waals surface area contributed by atoms with E-state index in [1.54, 1.807) is 0 Å². The molecular formula is C11H22N2O. The first-order valence-electron chi connectivity index (χ1n) is 5.83. The Labute approximate surface area is 86.6 Å². The molecule has 1 aliphatic carbocycles. The van der Waals surface area contributed by atoms with E-state index in [4.69, 9.17) is 10.5 Å².